The van der Waals surface area contributed by atoms with Crippen LogP contribution in [0.25, 0.3) is 90.9 Å². The lowest BCUT2D eigenvalue weighted by Crippen LogP contribution is -1.90. The van der Waals surface area contributed by atoms with Crippen molar-refractivity contribution in [1.29, 1.82) is 0 Å². The van der Waals surface area contributed by atoms with Crippen molar-refractivity contribution in [2.75, 3.05) is 21.3 Å². The van der Waals surface area contributed by atoms with E-state index in [1.165, 1.54) is 0 Å². The van der Waals surface area contributed by atoms with Crippen LogP contribution in [-0.4, -0.2) is 41.3 Å². The van der Waals surface area contributed by atoms with Crippen molar-refractivity contribution in [1.82, 2.24) is 19.9 Å². The van der Waals surface area contributed by atoms with E-state index < -0.39 is 0 Å². The molecule has 0 unspecified atom stereocenters. The van der Waals surface area contributed by atoms with Crippen molar-refractivity contribution >= 4 is 69.0 Å². The van der Waals surface area contributed by atoms with Gasteiger partial charge in [-0.2, -0.15) is 0 Å². The number of rotatable bonds is 7. The van der Waals surface area contributed by atoms with Crippen molar-refractivity contribution in [2.24, 2.45) is 0 Å². The maximum atomic E-state index is 5.53. The van der Waals surface area contributed by atoms with Crippen LogP contribution in [0.4, 0.5) is 0 Å². The molecular formula is C47H35IN4O3. The molecule has 0 radical (unpaired) electrons. The fraction of sp³-hybridized carbons (Fsp3) is 0.0638. The second kappa shape index (κ2) is 14.4. The van der Waals surface area contributed by atoms with Crippen LogP contribution in [0.3, 0.4) is 0 Å². The van der Waals surface area contributed by atoms with Crippen LogP contribution in [0.1, 0.15) is 22.8 Å². The van der Waals surface area contributed by atoms with Crippen molar-refractivity contribution in [3.8, 4) is 61.8 Å². The molecule has 0 fully saturated rings. The fourth-order valence-electron chi connectivity index (χ4n) is 7.31. The lowest BCUT2D eigenvalue weighted by molar-refractivity contribution is 0.415. The minimum absolute atomic E-state index is 0.785. The molecule has 0 amide bonds. The van der Waals surface area contributed by atoms with E-state index >= 15 is 0 Å². The Labute approximate surface area is 332 Å². The van der Waals surface area contributed by atoms with Crippen LogP contribution in [0, 0.1) is 3.57 Å². The van der Waals surface area contributed by atoms with Crippen LogP contribution < -0.4 is 14.2 Å². The molecule has 0 saturated carbocycles. The second-order valence-corrected chi connectivity index (χ2v) is 14.4. The third kappa shape index (κ3) is 6.48. The maximum Gasteiger partial charge on any atom is 0.118 e. The zero-order valence-electron chi connectivity index (χ0n) is 30.4. The first-order chi connectivity index (χ1) is 27.0. The van der Waals surface area contributed by atoms with Crippen LogP contribution in [0.5, 0.6) is 17.2 Å². The van der Waals surface area contributed by atoms with Gasteiger partial charge in [-0.3, -0.25) is 0 Å². The summed E-state index contributed by atoms with van der Waals surface area (Å²) in [4.78, 5) is 18.4. The number of ether oxygens (including phenoxy) is 3. The first kappa shape index (κ1) is 34.4. The Morgan fingerprint density at radius 2 is 0.618 bits per heavy atom. The van der Waals surface area contributed by atoms with Gasteiger partial charge >= 0.3 is 0 Å². The van der Waals surface area contributed by atoms with Crippen LogP contribution in [0.15, 0.2) is 121 Å². The standard InChI is InChI=1S/C47H35IN4O3/c1-53-33-14-6-29(7-15-33)45-38-22-20-36(49-38)44(28-4-12-32(48)13-5-28)37-21-23-39(50-37)46(30-8-16-34(54-2)17-9-30)41-25-27-43(52-41)47(42-26-24-40(45)51-42)31-10-18-35(55-3)19-11-31/h4-27,49,52H,1-3H3. The number of nitrogens with zero attached hydrogens (tertiary/aromatic N) is 2. The third-order valence-corrected chi connectivity index (χ3v) is 10.7. The number of halogens is 1. The lowest BCUT2D eigenvalue weighted by atomic mass is 10.0. The van der Waals surface area contributed by atoms with Gasteiger partial charge in [0.15, 0.2) is 0 Å². The monoisotopic (exact) mass is 830 g/mol. The Morgan fingerprint density at radius 1 is 0.364 bits per heavy atom. The summed E-state index contributed by atoms with van der Waals surface area (Å²) >= 11 is 2.35. The maximum absolute atomic E-state index is 5.53. The molecule has 4 aromatic carbocycles. The van der Waals surface area contributed by atoms with Gasteiger partial charge in [0.25, 0.3) is 0 Å². The van der Waals surface area contributed by atoms with Crippen molar-refractivity contribution in [2.45, 2.75) is 0 Å². The van der Waals surface area contributed by atoms with Gasteiger partial charge < -0.3 is 24.2 Å². The summed E-state index contributed by atoms with van der Waals surface area (Å²) in [5.41, 5.74) is 15.1. The summed E-state index contributed by atoms with van der Waals surface area (Å²) in [6.45, 7) is 0. The summed E-state index contributed by atoms with van der Waals surface area (Å²) in [5, 5.41) is 0. The Morgan fingerprint density at radius 3 is 0.873 bits per heavy atom. The molecule has 0 aliphatic carbocycles. The molecule has 8 bridgehead atoms. The Balaban J connectivity index is 1.44. The van der Waals surface area contributed by atoms with Crippen molar-refractivity contribution in [3.05, 3.63) is 148 Å². The fourth-order valence-corrected chi connectivity index (χ4v) is 7.67. The summed E-state index contributed by atoms with van der Waals surface area (Å²) in [7, 11) is 5.05. The van der Waals surface area contributed by atoms with Gasteiger partial charge in [-0.05, 0) is 142 Å². The summed E-state index contributed by atoms with van der Waals surface area (Å²) < 4.78 is 17.8. The van der Waals surface area contributed by atoms with Crippen LogP contribution >= 0.6 is 22.6 Å². The van der Waals surface area contributed by atoms with E-state index in [4.69, 9.17) is 24.2 Å². The average molecular weight is 831 g/mol. The minimum atomic E-state index is 0.785. The van der Waals surface area contributed by atoms with E-state index in [2.05, 4.69) is 142 Å². The Hall–Kier alpha value is -6.39. The third-order valence-electron chi connectivity index (χ3n) is 10.0. The highest BCUT2D eigenvalue weighted by atomic mass is 127. The van der Waals surface area contributed by atoms with E-state index in [0.717, 1.165) is 110 Å². The Bertz CT molecular complexity index is 2750. The number of methoxy groups -OCH3 is 3. The van der Waals surface area contributed by atoms with Gasteiger partial charge in [-0.25, -0.2) is 9.97 Å². The normalized spacial score (nSPS) is 11.9. The topological polar surface area (TPSA) is 85.1 Å². The second-order valence-electron chi connectivity index (χ2n) is 13.2. The molecule has 7 aromatic rings. The van der Waals surface area contributed by atoms with Crippen molar-refractivity contribution in [3.63, 3.8) is 0 Å². The zero-order chi connectivity index (χ0) is 37.5. The summed E-state index contributed by atoms with van der Waals surface area (Å²) in [6, 6.07) is 41.5. The van der Waals surface area contributed by atoms with Gasteiger partial charge in [0.05, 0.1) is 44.1 Å². The smallest absolute Gasteiger partial charge is 0.118 e. The molecule has 9 rings (SSSR count). The molecule has 8 heteroatoms. The molecule has 0 saturated heterocycles. The summed E-state index contributed by atoms with van der Waals surface area (Å²) in [6.07, 6.45) is 8.42. The molecule has 0 spiro atoms. The Kier molecular flexibility index (Phi) is 9.03. The first-order valence-electron chi connectivity index (χ1n) is 17.8. The molecule has 268 valence electrons. The number of H-pyrrole nitrogens is 2. The van der Waals surface area contributed by atoms with E-state index in [9.17, 15) is 0 Å². The van der Waals surface area contributed by atoms with E-state index in [1.54, 1.807) is 21.3 Å². The van der Waals surface area contributed by atoms with Gasteiger partial charge in [0, 0.05) is 47.9 Å². The van der Waals surface area contributed by atoms with E-state index in [1.807, 2.05) is 36.4 Å². The van der Waals surface area contributed by atoms with Gasteiger partial charge in [0.2, 0.25) is 0 Å². The first-order valence-corrected chi connectivity index (χ1v) is 18.9. The molecular weight excluding hydrogens is 795 g/mol. The molecule has 2 N–H and O–H groups in total. The zero-order valence-corrected chi connectivity index (χ0v) is 32.5. The number of aromatic amines is 2. The van der Waals surface area contributed by atoms with Crippen molar-refractivity contribution < 1.29 is 14.2 Å². The van der Waals surface area contributed by atoms with Crippen LogP contribution in [0.2, 0.25) is 0 Å². The highest BCUT2D eigenvalue weighted by Gasteiger charge is 2.19. The lowest BCUT2D eigenvalue weighted by Gasteiger charge is -2.08. The van der Waals surface area contributed by atoms with Gasteiger partial charge in [-0.15, -0.1) is 0 Å². The van der Waals surface area contributed by atoms with Gasteiger partial charge in [-0.1, -0.05) is 48.5 Å². The number of aromatic nitrogens is 4. The molecule has 5 heterocycles. The SMILES string of the molecule is COc1ccc(-c2c3nc(c(-c4ccc(OC)cc4)c4ccc([nH]4)c(-c4ccc(OC)cc4)c4nc(c(-c5ccc(I)cc5)c5ccc2[nH]5)C=C4)C=C3)cc1. The van der Waals surface area contributed by atoms with E-state index in [0.29, 0.717) is 0 Å². The predicted octanol–water partition coefficient (Wildman–Crippen LogP) is 12.0. The highest BCUT2D eigenvalue weighted by Crippen LogP contribution is 2.39. The molecule has 2 aliphatic heterocycles. The number of benzene rings is 4. The number of hydrogen-bond donors (Lipinski definition) is 2. The predicted molar refractivity (Wildman–Crippen MR) is 233 cm³/mol. The molecule has 3 aromatic heterocycles. The molecule has 7 nitrogen and oxygen atoms in total. The number of hydrogen-bond acceptors (Lipinski definition) is 5. The number of nitrogens with one attached hydrogen (secondary N) is 2. The van der Waals surface area contributed by atoms with Gasteiger partial charge in [0.1, 0.15) is 17.2 Å². The highest BCUT2D eigenvalue weighted by molar-refractivity contribution is 14.1. The molecule has 2 aliphatic rings. The number of fused-ring (bicyclic) bond motifs is 8. The molecule has 0 atom stereocenters. The van der Waals surface area contributed by atoms with Crippen LogP contribution in [-0.2, 0) is 0 Å². The van der Waals surface area contributed by atoms with E-state index in [-0.39, 0.29) is 0 Å². The minimum Gasteiger partial charge on any atom is -0.497 e. The summed E-state index contributed by atoms with van der Waals surface area (Å²) in [5.74, 6) is 2.36. The average Bonchev–Trinajstić information content (AvgIpc) is 4.07. The molecule has 55 heavy (non-hydrogen) atoms. The quantitative estimate of drug-likeness (QED) is 0.156. The largest absolute Gasteiger partial charge is 0.497 e.